The van der Waals surface area contributed by atoms with Gasteiger partial charge in [-0.15, -0.1) is 11.6 Å². The summed E-state index contributed by atoms with van der Waals surface area (Å²) in [5.74, 6) is -0.101. The molecule has 2 aromatic rings. The molecule has 3 heteroatoms. The van der Waals surface area contributed by atoms with E-state index in [1.165, 1.54) is 0 Å². The lowest BCUT2D eigenvalue weighted by Crippen LogP contribution is -2.11. The normalized spacial score (nSPS) is 17.7. The minimum absolute atomic E-state index is 0.101. The van der Waals surface area contributed by atoms with Crippen LogP contribution in [0.5, 0.6) is 0 Å². The van der Waals surface area contributed by atoms with Gasteiger partial charge in [0.05, 0.1) is 5.38 Å². The second-order valence-electron chi connectivity index (χ2n) is 3.99. The van der Waals surface area contributed by atoms with Crippen LogP contribution in [-0.2, 0) is 0 Å². The van der Waals surface area contributed by atoms with Crippen LogP contribution in [0.2, 0.25) is 0 Å². The SMILES string of the molecule is O=C1Nc2ccccc2[C@@H](Cl)c2ccccc21. The third-order valence-electron chi connectivity index (χ3n) is 2.96. The molecule has 0 unspecified atom stereocenters. The molecule has 0 bridgehead atoms. The maximum Gasteiger partial charge on any atom is 0.256 e. The average Bonchev–Trinajstić information content (AvgIpc) is 2.48. The molecule has 0 saturated carbocycles. The molecule has 1 atom stereocenters. The van der Waals surface area contributed by atoms with E-state index in [1.54, 1.807) is 6.07 Å². The van der Waals surface area contributed by atoms with Crippen molar-refractivity contribution < 1.29 is 4.79 Å². The number of rotatable bonds is 0. The topological polar surface area (TPSA) is 29.1 Å². The van der Waals surface area contributed by atoms with Gasteiger partial charge in [0.2, 0.25) is 0 Å². The summed E-state index contributed by atoms with van der Waals surface area (Å²) in [6.45, 7) is 0. The van der Waals surface area contributed by atoms with Gasteiger partial charge in [0, 0.05) is 11.3 Å². The fourth-order valence-electron chi connectivity index (χ4n) is 2.11. The van der Waals surface area contributed by atoms with Crippen LogP contribution in [0.3, 0.4) is 0 Å². The number of hydrogen-bond acceptors (Lipinski definition) is 1. The van der Waals surface area contributed by atoms with Gasteiger partial charge in [0.25, 0.3) is 5.91 Å². The van der Waals surface area contributed by atoms with E-state index < -0.39 is 0 Å². The Bertz CT molecular complexity index is 594. The predicted molar refractivity (Wildman–Crippen MR) is 68.5 cm³/mol. The van der Waals surface area contributed by atoms with Gasteiger partial charge < -0.3 is 5.32 Å². The van der Waals surface area contributed by atoms with Crippen molar-refractivity contribution in [3.63, 3.8) is 0 Å². The third kappa shape index (κ3) is 1.61. The molecule has 3 rings (SSSR count). The highest BCUT2D eigenvalue weighted by Crippen LogP contribution is 2.37. The number of anilines is 1. The molecule has 0 radical (unpaired) electrons. The Morgan fingerprint density at radius 2 is 1.59 bits per heavy atom. The molecule has 0 saturated heterocycles. The fraction of sp³-hybridized carbons (Fsp3) is 0.0714. The number of carbonyl (C=O) groups excluding carboxylic acids is 1. The number of halogens is 1. The Kier molecular flexibility index (Phi) is 2.37. The number of para-hydroxylation sites is 1. The van der Waals surface area contributed by atoms with Gasteiger partial charge in [-0.2, -0.15) is 0 Å². The number of hydrogen-bond donors (Lipinski definition) is 1. The van der Waals surface area contributed by atoms with E-state index >= 15 is 0 Å². The van der Waals surface area contributed by atoms with E-state index in [0.717, 1.165) is 16.8 Å². The number of benzene rings is 2. The lowest BCUT2D eigenvalue weighted by Gasteiger charge is -2.11. The molecule has 1 aliphatic rings. The number of carbonyl (C=O) groups is 1. The summed E-state index contributed by atoms with van der Waals surface area (Å²) in [7, 11) is 0. The van der Waals surface area contributed by atoms with Crippen LogP contribution in [0, 0.1) is 0 Å². The first kappa shape index (κ1) is 10.4. The van der Waals surface area contributed by atoms with Gasteiger partial charge in [0.1, 0.15) is 0 Å². The summed E-state index contributed by atoms with van der Waals surface area (Å²) in [5.41, 5.74) is 3.22. The van der Waals surface area contributed by atoms with Gasteiger partial charge in [-0.05, 0) is 23.3 Å². The van der Waals surface area contributed by atoms with Crippen molar-refractivity contribution in [2.24, 2.45) is 0 Å². The Balaban J connectivity index is 2.26. The van der Waals surface area contributed by atoms with Crippen LogP contribution in [0.4, 0.5) is 5.69 Å². The summed E-state index contributed by atoms with van der Waals surface area (Å²) in [5, 5.41) is 2.60. The van der Waals surface area contributed by atoms with Crippen LogP contribution in [0.15, 0.2) is 48.5 Å². The van der Waals surface area contributed by atoms with E-state index in [-0.39, 0.29) is 11.3 Å². The molecule has 1 heterocycles. The second kappa shape index (κ2) is 3.90. The fourth-order valence-corrected chi connectivity index (χ4v) is 2.49. The third-order valence-corrected chi connectivity index (χ3v) is 3.43. The molecule has 0 aromatic heterocycles. The summed E-state index contributed by atoms with van der Waals surface area (Å²) >= 11 is 6.46. The van der Waals surface area contributed by atoms with E-state index in [2.05, 4.69) is 5.32 Å². The van der Waals surface area contributed by atoms with Crippen molar-refractivity contribution >= 4 is 23.2 Å². The van der Waals surface area contributed by atoms with Gasteiger partial charge in [-0.1, -0.05) is 36.4 Å². The zero-order valence-electron chi connectivity index (χ0n) is 8.98. The van der Waals surface area contributed by atoms with Crippen molar-refractivity contribution in [3.8, 4) is 0 Å². The molecule has 17 heavy (non-hydrogen) atoms. The first-order valence-electron chi connectivity index (χ1n) is 5.40. The number of amides is 1. The Hall–Kier alpha value is -1.80. The summed E-state index contributed by atoms with van der Waals surface area (Å²) < 4.78 is 0. The predicted octanol–water partition coefficient (Wildman–Crippen LogP) is 3.58. The standard InChI is InChI=1S/C14H10ClNO/c15-13-9-5-1-2-6-10(9)14(17)16-12-8-4-3-7-11(12)13/h1-8,13H,(H,16,17)/t13-/m0/s1. The van der Waals surface area contributed by atoms with Crippen LogP contribution in [-0.4, -0.2) is 5.91 Å². The van der Waals surface area contributed by atoms with Crippen LogP contribution < -0.4 is 5.32 Å². The first-order valence-corrected chi connectivity index (χ1v) is 5.84. The van der Waals surface area contributed by atoms with Gasteiger partial charge in [-0.3, -0.25) is 4.79 Å². The van der Waals surface area contributed by atoms with Crippen molar-refractivity contribution in [2.45, 2.75) is 5.38 Å². The van der Waals surface area contributed by atoms with Crippen LogP contribution in [0.25, 0.3) is 0 Å². The van der Waals surface area contributed by atoms with Gasteiger partial charge >= 0.3 is 0 Å². The molecule has 1 aliphatic heterocycles. The quantitative estimate of drug-likeness (QED) is 0.704. The maximum absolute atomic E-state index is 12.0. The molecule has 2 nitrogen and oxygen atoms in total. The second-order valence-corrected chi connectivity index (χ2v) is 4.43. The van der Waals surface area contributed by atoms with E-state index in [1.807, 2.05) is 42.5 Å². The molecule has 1 N–H and O–H groups in total. The van der Waals surface area contributed by atoms with Gasteiger partial charge in [-0.25, -0.2) is 0 Å². The highest BCUT2D eigenvalue weighted by Gasteiger charge is 2.25. The zero-order valence-corrected chi connectivity index (χ0v) is 9.74. The molecule has 84 valence electrons. The molecule has 0 spiro atoms. The minimum Gasteiger partial charge on any atom is -0.322 e. The molecular weight excluding hydrogens is 234 g/mol. The van der Waals surface area contributed by atoms with E-state index in [0.29, 0.717) is 5.56 Å². The van der Waals surface area contributed by atoms with Crippen molar-refractivity contribution in [1.82, 2.24) is 0 Å². The first-order chi connectivity index (χ1) is 8.27. The van der Waals surface area contributed by atoms with Crippen molar-refractivity contribution in [1.29, 1.82) is 0 Å². The Morgan fingerprint density at radius 1 is 0.941 bits per heavy atom. The van der Waals surface area contributed by atoms with Crippen LogP contribution >= 0.6 is 11.6 Å². The monoisotopic (exact) mass is 243 g/mol. The Labute approximate surface area is 104 Å². The van der Waals surface area contributed by atoms with Crippen LogP contribution in [0.1, 0.15) is 26.9 Å². The molecular formula is C14H10ClNO. The van der Waals surface area contributed by atoms with E-state index in [9.17, 15) is 4.79 Å². The van der Waals surface area contributed by atoms with E-state index in [4.69, 9.17) is 11.6 Å². The zero-order chi connectivity index (χ0) is 11.8. The summed E-state index contributed by atoms with van der Waals surface area (Å²) in [4.78, 5) is 12.0. The average molecular weight is 244 g/mol. The summed E-state index contributed by atoms with van der Waals surface area (Å²) in [6, 6.07) is 15.1. The molecule has 0 fully saturated rings. The highest BCUT2D eigenvalue weighted by molar-refractivity contribution is 6.25. The molecule has 2 aromatic carbocycles. The lowest BCUT2D eigenvalue weighted by atomic mass is 10.00. The molecule has 0 aliphatic carbocycles. The van der Waals surface area contributed by atoms with Crippen molar-refractivity contribution in [2.75, 3.05) is 5.32 Å². The van der Waals surface area contributed by atoms with Gasteiger partial charge in [0.15, 0.2) is 0 Å². The minimum atomic E-state index is -0.290. The molecule has 1 amide bonds. The number of fused-ring (bicyclic) bond motifs is 2. The highest BCUT2D eigenvalue weighted by atomic mass is 35.5. The maximum atomic E-state index is 12.0. The Morgan fingerprint density at radius 3 is 2.41 bits per heavy atom. The smallest absolute Gasteiger partial charge is 0.256 e. The number of alkyl halides is 1. The van der Waals surface area contributed by atoms with Crippen molar-refractivity contribution in [3.05, 3.63) is 65.2 Å². The lowest BCUT2D eigenvalue weighted by molar-refractivity contribution is 0.102. The largest absolute Gasteiger partial charge is 0.322 e. The summed E-state index contributed by atoms with van der Waals surface area (Å²) in [6.07, 6.45) is 0. The number of nitrogens with one attached hydrogen (secondary N) is 1.